The Morgan fingerprint density at radius 1 is 1.62 bits per heavy atom. The molecule has 0 fully saturated rings. The quantitative estimate of drug-likeness (QED) is 0.883. The standard InChI is InChI=1S/C9H9ClN4OS/c1-5(8-11-4-12-14-8)13-9(15)6-2-3-7(10)16-6/h2-5H,1H3,(H,13,15)(H,11,12,14). The van der Waals surface area contributed by atoms with Crippen molar-refractivity contribution in [1.29, 1.82) is 0 Å². The van der Waals surface area contributed by atoms with Crippen LogP contribution in [0.1, 0.15) is 28.5 Å². The Morgan fingerprint density at radius 3 is 3.00 bits per heavy atom. The molecule has 84 valence electrons. The van der Waals surface area contributed by atoms with Crippen molar-refractivity contribution in [2.75, 3.05) is 0 Å². The predicted molar refractivity (Wildman–Crippen MR) is 61.6 cm³/mol. The van der Waals surface area contributed by atoms with Crippen molar-refractivity contribution in [3.05, 3.63) is 33.5 Å². The number of carbonyl (C=O) groups is 1. The summed E-state index contributed by atoms with van der Waals surface area (Å²) in [6.07, 6.45) is 1.40. The second-order valence-electron chi connectivity index (χ2n) is 3.17. The Bertz CT molecular complexity index is 481. The van der Waals surface area contributed by atoms with Crippen LogP contribution in [0.25, 0.3) is 0 Å². The molecular weight excluding hydrogens is 248 g/mol. The highest BCUT2D eigenvalue weighted by Crippen LogP contribution is 2.21. The predicted octanol–water partition coefficient (Wildman–Crippen LogP) is 2.01. The van der Waals surface area contributed by atoms with Gasteiger partial charge in [0.15, 0.2) is 0 Å². The number of halogens is 1. The second-order valence-corrected chi connectivity index (χ2v) is 4.88. The first-order chi connectivity index (χ1) is 7.66. The molecule has 0 aliphatic heterocycles. The van der Waals surface area contributed by atoms with Crippen molar-refractivity contribution < 1.29 is 4.79 Å². The van der Waals surface area contributed by atoms with Crippen LogP contribution in [0.3, 0.4) is 0 Å². The van der Waals surface area contributed by atoms with Gasteiger partial charge in [0.25, 0.3) is 5.91 Å². The molecule has 1 atom stereocenters. The molecule has 0 aliphatic carbocycles. The summed E-state index contributed by atoms with van der Waals surface area (Å²) in [5, 5.41) is 9.21. The van der Waals surface area contributed by atoms with Crippen molar-refractivity contribution in [1.82, 2.24) is 20.5 Å². The van der Waals surface area contributed by atoms with Crippen molar-refractivity contribution in [2.45, 2.75) is 13.0 Å². The van der Waals surface area contributed by atoms with E-state index in [-0.39, 0.29) is 11.9 Å². The van der Waals surface area contributed by atoms with Crippen LogP contribution in [0.4, 0.5) is 0 Å². The van der Waals surface area contributed by atoms with Gasteiger partial charge in [-0.15, -0.1) is 11.3 Å². The van der Waals surface area contributed by atoms with Crippen LogP contribution in [0, 0.1) is 0 Å². The van der Waals surface area contributed by atoms with Crippen LogP contribution in [-0.4, -0.2) is 21.1 Å². The maximum atomic E-state index is 11.7. The highest BCUT2D eigenvalue weighted by molar-refractivity contribution is 7.17. The lowest BCUT2D eigenvalue weighted by Gasteiger charge is -2.09. The Kier molecular flexibility index (Phi) is 3.21. The van der Waals surface area contributed by atoms with Gasteiger partial charge in [-0.2, -0.15) is 5.10 Å². The van der Waals surface area contributed by atoms with E-state index in [1.165, 1.54) is 17.7 Å². The number of amides is 1. The van der Waals surface area contributed by atoms with Crippen LogP contribution in [0.5, 0.6) is 0 Å². The van der Waals surface area contributed by atoms with Gasteiger partial charge >= 0.3 is 0 Å². The minimum Gasteiger partial charge on any atom is -0.342 e. The van der Waals surface area contributed by atoms with E-state index < -0.39 is 0 Å². The molecule has 2 aromatic heterocycles. The third-order valence-electron chi connectivity index (χ3n) is 1.99. The van der Waals surface area contributed by atoms with Crippen molar-refractivity contribution in [3.63, 3.8) is 0 Å². The number of H-pyrrole nitrogens is 1. The number of nitrogens with one attached hydrogen (secondary N) is 2. The fourth-order valence-corrected chi connectivity index (χ4v) is 2.14. The lowest BCUT2D eigenvalue weighted by molar-refractivity contribution is 0.0942. The van der Waals surface area contributed by atoms with Crippen molar-refractivity contribution in [2.24, 2.45) is 0 Å². The van der Waals surface area contributed by atoms with E-state index in [2.05, 4.69) is 20.5 Å². The van der Waals surface area contributed by atoms with Gasteiger partial charge in [0.05, 0.1) is 15.3 Å². The summed E-state index contributed by atoms with van der Waals surface area (Å²) < 4.78 is 0.595. The van der Waals surface area contributed by atoms with Crippen LogP contribution in [0.15, 0.2) is 18.5 Å². The maximum Gasteiger partial charge on any atom is 0.261 e. The van der Waals surface area contributed by atoms with Crippen LogP contribution in [0.2, 0.25) is 4.34 Å². The SMILES string of the molecule is CC(NC(=O)c1ccc(Cl)s1)c1ncn[nH]1. The molecule has 2 N–H and O–H groups in total. The topological polar surface area (TPSA) is 70.7 Å². The first-order valence-corrected chi connectivity index (χ1v) is 5.77. The summed E-state index contributed by atoms with van der Waals surface area (Å²) >= 11 is 6.99. The van der Waals surface area contributed by atoms with Gasteiger partial charge in [-0.05, 0) is 19.1 Å². The minimum absolute atomic E-state index is 0.166. The average molecular weight is 257 g/mol. The van der Waals surface area contributed by atoms with Gasteiger partial charge in [0, 0.05) is 0 Å². The van der Waals surface area contributed by atoms with Gasteiger partial charge in [0.2, 0.25) is 0 Å². The number of aromatic amines is 1. The van der Waals surface area contributed by atoms with Crippen molar-refractivity contribution in [3.8, 4) is 0 Å². The van der Waals surface area contributed by atoms with Crippen molar-refractivity contribution >= 4 is 28.8 Å². The highest BCUT2D eigenvalue weighted by atomic mass is 35.5. The van der Waals surface area contributed by atoms with Crippen LogP contribution < -0.4 is 5.32 Å². The normalized spacial score (nSPS) is 12.4. The molecule has 0 radical (unpaired) electrons. The molecule has 2 heterocycles. The molecule has 7 heteroatoms. The number of hydrogen-bond acceptors (Lipinski definition) is 4. The van der Waals surface area contributed by atoms with E-state index in [4.69, 9.17) is 11.6 Å². The number of carbonyl (C=O) groups excluding carboxylic acids is 1. The maximum absolute atomic E-state index is 11.7. The molecule has 0 spiro atoms. The third-order valence-corrected chi connectivity index (χ3v) is 3.22. The van der Waals surface area contributed by atoms with Gasteiger partial charge in [0.1, 0.15) is 12.2 Å². The van der Waals surface area contributed by atoms with Gasteiger partial charge in [-0.3, -0.25) is 9.89 Å². The van der Waals surface area contributed by atoms with Crippen LogP contribution in [-0.2, 0) is 0 Å². The highest BCUT2D eigenvalue weighted by Gasteiger charge is 2.14. The first-order valence-electron chi connectivity index (χ1n) is 4.58. The summed E-state index contributed by atoms with van der Waals surface area (Å²) in [6, 6.07) is 3.17. The summed E-state index contributed by atoms with van der Waals surface area (Å²) in [5.41, 5.74) is 0. The number of hydrogen-bond donors (Lipinski definition) is 2. The van der Waals surface area contributed by atoms with E-state index in [9.17, 15) is 4.79 Å². The van der Waals surface area contributed by atoms with Crippen LogP contribution >= 0.6 is 22.9 Å². The molecule has 1 unspecified atom stereocenters. The molecule has 0 saturated carbocycles. The summed E-state index contributed by atoms with van der Waals surface area (Å²) in [4.78, 5) is 16.3. The third kappa shape index (κ3) is 2.40. The van der Waals surface area contributed by atoms with Gasteiger partial charge in [-0.1, -0.05) is 11.6 Å². The molecule has 5 nitrogen and oxygen atoms in total. The van der Waals surface area contributed by atoms with Gasteiger partial charge in [-0.25, -0.2) is 4.98 Å². The summed E-state index contributed by atoms with van der Waals surface area (Å²) in [7, 11) is 0. The molecule has 16 heavy (non-hydrogen) atoms. The molecule has 2 rings (SSSR count). The largest absolute Gasteiger partial charge is 0.342 e. The lowest BCUT2D eigenvalue weighted by Crippen LogP contribution is -2.26. The van der Waals surface area contributed by atoms with Gasteiger partial charge < -0.3 is 5.32 Å². The average Bonchev–Trinajstić information content (AvgIpc) is 2.87. The number of thiophene rings is 1. The fourth-order valence-electron chi connectivity index (χ4n) is 1.20. The van der Waals surface area contributed by atoms with E-state index in [1.54, 1.807) is 12.1 Å². The summed E-state index contributed by atoms with van der Waals surface area (Å²) in [5.74, 6) is 0.455. The fraction of sp³-hybridized carbons (Fsp3) is 0.222. The second kappa shape index (κ2) is 4.63. The molecule has 0 saturated heterocycles. The molecule has 2 aromatic rings. The zero-order chi connectivity index (χ0) is 11.5. The first kappa shape index (κ1) is 11.1. The monoisotopic (exact) mass is 256 g/mol. The number of aromatic nitrogens is 3. The zero-order valence-electron chi connectivity index (χ0n) is 8.40. The zero-order valence-corrected chi connectivity index (χ0v) is 9.97. The Balaban J connectivity index is 2.03. The Hall–Kier alpha value is -1.40. The van der Waals surface area contributed by atoms with E-state index in [1.807, 2.05) is 6.92 Å². The van der Waals surface area contributed by atoms with E-state index >= 15 is 0 Å². The number of nitrogens with zero attached hydrogens (tertiary/aromatic N) is 2. The molecule has 0 aromatic carbocycles. The lowest BCUT2D eigenvalue weighted by atomic mass is 10.3. The Morgan fingerprint density at radius 2 is 2.44 bits per heavy atom. The summed E-state index contributed by atoms with van der Waals surface area (Å²) in [6.45, 7) is 1.83. The number of rotatable bonds is 3. The molecule has 1 amide bonds. The molecule has 0 aliphatic rings. The van der Waals surface area contributed by atoms with E-state index in [0.717, 1.165) is 0 Å². The van der Waals surface area contributed by atoms with E-state index in [0.29, 0.717) is 15.0 Å². The molecular formula is C9H9ClN4OS. The smallest absolute Gasteiger partial charge is 0.261 e. The Labute approximate surface area is 101 Å². The molecule has 0 bridgehead atoms. The minimum atomic E-state index is -0.212.